The van der Waals surface area contributed by atoms with Crippen molar-refractivity contribution in [1.82, 2.24) is 24.8 Å². The largest absolute Gasteiger partial charge is 0.367 e. The summed E-state index contributed by atoms with van der Waals surface area (Å²) < 4.78 is 16.7. The van der Waals surface area contributed by atoms with Crippen LogP contribution in [0.4, 0.5) is 21.7 Å². The van der Waals surface area contributed by atoms with Gasteiger partial charge in [-0.3, -0.25) is 9.36 Å². The summed E-state index contributed by atoms with van der Waals surface area (Å²) in [6, 6.07) is 18.0. The summed E-state index contributed by atoms with van der Waals surface area (Å²) >= 11 is 1.65. The Bertz CT molecular complexity index is 1650. The van der Waals surface area contributed by atoms with Crippen molar-refractivity contribution in [2.24, 2.45) is 0 Å². The Kier molecular flexibility index (Phi) is 9.07. The molecule has 212 valence electrons. The van der Waals surface area contributed by atoms with Crippen LogP contribution in [0.1, 0.15) is 25.0 Å². The number of nitrogens with zero attached hydrogens (tertiary/aromatic N) is 5. The first kappa shape index (κ1) is 28.5. The molecule has 0 radical (unpaired) electrons. The second-order valence-corrected chi connectivity index (χ2v) is 10.6. The molecule has 4 aromatic rings. The van der Waals surface area contributed by atoms with Crippen LogP contribution < -0.4 is 21.1 Å². The normalized spacial score (nSPS) is 13.1. The van der Waals surface area contributed by atoms with Crippen LogP contribution in [0.25, 0.3) is 11.0 Å². The average molecular weight is 572 g/mol. The van der Waals surface area contributed by atoms with Gasteiger partial charge in [0, 0.05) is 67.5 Å². The average Bonchev–Trinajstić information content (AvgIpc) is 3.00. The van der Waals surface area contributed by atoms with Crippen molar-refractivity contribution in [3.63, 3.8) is 0 Å². The van der Waals surface area contributed by atoms with Crippen molar-refractivity contribution in [2.45, 2.75) is 25.3 Å². The topological polar surface area (TPSA) is 78.3 Å². The Morgan fingerprint density at radius 1 is 1.12 bits per heavy atom. The summed E-state index contributed by atoms with van der Waals surface area (Å²) in [4.78, 5) is 28.0. The summed E-state index contributed by atoms with van der Waals surface area (Å²) in [6.07, 6.45) is 3.70. The van der Waals surface area contributed by atoms with E-state index in [0.29, 0.717) is 34.5 Å². The third-order valence-corrected chi connectivity index (χ3v) is 7.80. The lowest BCUT2D eigenvalue weighted by Crippen LogP contribution is -2.43. The number of nitrogens with one attached hydrogen (secondary N) is 2. The second-order valence-electron chi connectivity index (χ2n) is 9.71. The highest BCUT2D eigenvalue weighted by molar-refractivity contribution is 7.98. The van der Waals surface area contributed by atoms with E-state index in [0.717, 1.165) is 49.7 Å². The van der Waals surface area contributed by atoms with Gasteiger partial charge in [-0.1, -0.05) is 12.1 Å². The minimum absolute atomic E-state index is 0.220. The van der Waals surface area contributed by atoms with E-state index in [9.17, 15) is 4.79 Å². The number of halogens is 1. The number of rotatable bonds is 8. The third kappa shape index (κ3) is 6.64. The number of piperazine rings is 1. The molecule has 10 heteroatoms. The molecule has 2 aromatic heterocycles. The van der Waals surface area contributed by atoms with Crippen molar-refractivity contribution in [3.05, 3.63) is 82.0 Å². The second kappa shape index (κ2) is 13.1. The molecule has 2 N–H and O–H groups in total. The molecule has 0 saturated carbocycles. The Labute approximate surface area is 244 Å². The maximum absolute atomic E-state index is 15.0. The predicted molar refractivity (Wildman–Crippen MR) is 166 cm³/mol. The van der Waals surface area contributed by atoms with Crippen LogP contribution in [0, 0.1) is 17.8 Å². The Morgan fingerprint density at radius 2 is 1.93 bits per heavy atom. The van der Waals surface area contributed by atoms with Gasteiger partial charge in [0.1, 0.15) is 11.5 Å². The highest BCUT2D eigenvalue weighted by atomic mass is 32.2. The van der Waals surface area contributed by atoms with Crippen LogP contribution in [-0.4, -0.2) is 65.0 Å². The first-order valence-electron chi connectivity index (χ1n) is 13.8. The highest BCUT2D eigenvalue weighted by Crippen LogP contribution is 2.25. The number of benzene rings is 2. The number of anilines is 3. The van der Waals surface area contributed by atoms with Crippen LogP contribution >= 0.6 is 11.8 Å². The summed E-state index contributed by atoms with van der Waals surface area (Å²) in [5, 5.41) is 7.10. The fourth-order valence-corrected chi connectivity index (χ4v) is 5.29. The summed E-state index contributed by atoms with van der Waals surface area (Å²) in [5.74, 6) is 3.04. The van der Waals surface area contributed by atoms with Crippen molar-refractivity contribution in [2.75, 3.05) is 55.7 Å². The Morgan fingerprint density at radius 3 is 2.66 bits per heavy atom. The zero-order valence-electron chi connectivity index (χ0n) is 23.6. The van der Waals surface area contributed by atoms with Gasteiger partial charge in [-0.15, -0.1) is 11.8 Å². The maximum Gasteiger partial charge on any atom is 0.268 e. The summed E-state index contributed by atoms with van der Waals surface area (Å²) in [5.41, 5.74) is 2.74. The molecule has 3 heterocycles. The van der Waals surface area contributed by atoms with E-state index in [4.69, 9.17) is 4.98 Å². The van der Waals surface area contributed by atoms with Gasteiger partial charge < -0.3 is 20.4 Å². The lowest BCUT2D eigenvalue weighted by Gasteiger charge is -2.29. The van der Waals surface area contributed by atoms with E-state index in [1.807, 2.05) is 54.2 Å². The number of hydrogen-bond acceptors (Lipinski definition) is 8. The van der Waals surface area contributed by atoms with Gasteiger partial charge in [-0.05, 0) is 68.0 Å². The van der Waals surface area contributed by atoms with E-state index in [-0.39, 0.29) is 17.3 Å². The van der Waals surface area contributed by atoms with Crippen molar-refractivity contribution in [1.29, 1.82) is 0 Å². The van der Waals surface area contributed by atoms with Gasteiger partial charge in [0.2, 0.25) is 5.95 Å². The van der Waals surface area contributed by atoms with E-state index in [2.05, 4.69) is 33.6 Å². The van der Waals surface area contributed by atoms with Gasteiger partial charge in [0.25, 0.3) is 5.56 Å². The summed E-state index contributed by atoms with van der Waals surface area (Å²) in [6.45, 7) is 9.10. The molecule has 2 aromatic carbocycles. The lowest BCUT2D eigenvalue weighted by molar-refractivity contribution is 0.444. The molecule has 41 heavy (non-hydrogen) atoms. The molecule has 1 fully saturated rings. The fourth-order valence-electron chi connectivity index (χ4n) is 4.81. The van der Waals surface area contributed by atoms with Crippen LogP contribution in [0.15, 0.2) is 64.4 Å². The number of pyridine rings is 1. The molecule has 0 unspecified atom stereocenters. The highest BCUT2D eigenvalue weighted by Gasteiger charge is 2.16. The minimum atomic E-state index is -0.306. The van der Waals surface area contributed by atoms with Crippen LogP contribution in [0.2, 0.25) is 0 Å². The van der Waals surface area contributed by atoms with E-state index < -0.39 is 0 Å². The molecule has 0 spiro atoms. The molecule has 0 bridgehead atoms. The SMILES string of the molecule is CCN(C#Cc1cc2cnc(Nc3ccc(N4CCNCC4)c(F)c3)nc2n(Cc2cccc(SC)c2)c1=O)CC. The number of fused-ring (bicyclic) bond motifs is 1. The molecular weight excluding hydrogens is 537 g/mol. The first-order valence-corrected chi connectivity index (χ1v) is 15.0. The zero-order chi connectivity index (χ0) is 28.8. The maximum atomic E-state index is 15.0. The fraction of sp³-hybridized carbons (Fsp3) is 0.323. The smallest absolute Gasteiger partial charge is 0.268 e. The molecule has 8 nitrogen and oxygen atoms in total. The van der Waals surface area contributed by atoms with Crippen LogP contribution in [0.5, 0.6) is 0 Å². The van der Waals surface area contributed by atoms with E-state index in [1.165, 1.54) is 6.07 Å². The van der Waals surface area contributed by atoms with E-state index in [1.54, 1.807) is 34.7 Å². The van der Waals surface area contributed by atoms with Crippen LogP contribution in [0.3, 0.4) is 0 Å². The lowest BCUT2D eigenvalue weighted by atomic mass is 10.2. The number of thioether (sulfide) groups is 1. The standard InChI is InChI=1S/C31H34FN7OS/c1-4-37(5-2)14-11-23-18-24-20-34-31(35-25-9-10-28(27(32)19-25)38-15-12-33-13-16-38)36-29(24)39(30(23)40)21-22-7-6-8-26(17-22)41-3/h6-10,17-20,33H,4-5,12-13,15-16,21H2,1-3H3,(H,34,35,36). The van der Waals surface area contributed by atoms with Crippen molar-refractivity contribution >= 4 is 40.1 Å². The van der Waals surface area contributed by atoms with E-state index >= 15 is 4.39 Å². The predicted octanol–water partition coefficient (Wildman–Crippen LogP) is 4.50. The van der Waals surface area contributed by atoms with Crippen LogP contribution in [-0.2, 0) is 6.54 Å². The van der Waals surface area contributed by atoms with Gasteiger partial charge in [-0.2, -0.15) is 4.98 Å². The molecule has 5 rings (SSSR count). The molecule has 0 aliphatic carbocycles. The Hall–Kier alpha value is -4.07. The number of aromatic nitrogens is 3. The molecule has 1 aliphatic rings. The quantitative estimate of drug-likeness (QED) is 0.182. The van der Waals surface area contributed by atoms with Gasteiger partial charge in [0.05, 0.1) is 17.8 Å². The van der Waals surface area contributed by atoms with Crippen molar-refractivity contribution < 1.29 is 4.39 Å². The summed E-state index contributed by atoms with van der Waals surface area (Å²) in [7, 11) is 0. The van der Waals surface area contributed by atoms with Gasteiger partial charge in [0.15, 0.2) is 0 Å². The van der Waals surface area contributed by atoms with Crippen molar-refractivity contribution in [3.8, 4) is 12.0 Å². The molecule has 1 aliphatic heterocycles. The molecular formula is C31H34FN7OS. The third-order valence-electron chi connectivity index (χ3n) is 7.08. The molecule has 1 saturated heterocycles. The zero-order valence-corrected chi connectivity index (χ0v) is 24.4. The molecule has 0 atom stereocenters. The first-order chi connectivity index (χ1) is 20.0. The Balaban J connectivity index is 1.52. The van der Waals surface area contributed by atoms with Gasteiger partial charge >= 0.3 is 0 Å². The molecule has 0 amide bonds. The monoisotopic (exact) mass is 571 g/mol. The van der Waals surface area contributed by atoms with Gasteiger partial charge in [-0.25, -0.2) is 9.37 Å². The number of hydrogen-bond donors (Lipinski definition) is 2. The minimum Gasteiger partial charge on any atom is -0.367 e.